The van der Waals surface area contributed by atoms with E-state index in [4.69, 9.17) is 16.3 Å². The van der Waals surface area contributed by atoms with Crippen molar-refractivity contribution in [2.75, 3.05) is 31.6 Å². The maximum atomic E-state index is 12.7. The van der Waals surface area contributed by atoms with Gasteiger partial charge >= 0.3 is 0 Å². The van der Waals surface area contributed by atoms with E-state index in [1.807, 2.05) is 0 Å². The summed E-state index contributed by atoms with van der Waals surface area (Å²) >= 11 is 5.90. The molecule has 25 heavy (non-hydrogen) atoms. The SMILES string of the molecule is O=C(Nc1cccc(Cl)c1)c1cccc(S(=O)(=O)N2CCOCC2)c1. The van der Waals surface area contributed by atoms with Gasteiger partial charge in [-0.3, -0.25) is 4.79 Å². The molecule has 0 radical (unpaired) electrons. The van der Waals surface area contributed by atoms with Crippen LogP contribution >= 0.6 is 11.6 Å². The normalized spacial score (nSPS) is 15.7. The largest absolute Gasteiger partial charge is 0.379 e. The second-order valence-electron chi connectivity index (χ2n) is 5.51. The summed E-state index contributed by atoms with van der Waals surface area (Å²) in [7, 11) is -3.65. The minimum atomic E-state index is -3.65. The van der Waals surface area contributed by atoms with Gasteiger partial charge in [0, 0.05) is 29.4 Å². The van der Waals surface area contributed by atoms with Crippen molar-refractivity contribution in [2.45, 2.75) is 4.90 Å². The van der Waals surface area contributed by atoms with Gasteiger partial charge in [-0.2, -0.15) is 4.31 Å². The molecule has 0 saturated carbocycles. The number of amides is 1. The fraction of sp³-hybridized carbons (Fsp3) is 0.235. The molecule has 2 aromatic rings. The van der Waals surface area contributed by atoms with Gasteiger partial charge in [0.25, 0.3) is 5.91 Å². The second kappa shape index (κ2) is 7.53. The summed E-state index contributed by atoms with van der Waals surface area (Å²) in [5.41, 5.74) is 0.799. The molecule has 0 spiro atoms. The van der Waals surface area contributed by atoms with Gasteiger partial charge < -0.3 is 10.1 Å². The fourth-order valence-electron chi connectivity index (χ4n) is 2.50. The molecule has 1 aliphatic heterocycles. The first kappa shape index (κ1) is 17.9. The summed E-state index contributed by atoms with van der Waals surface area (Å²) < 4.78 is 31.9. The Morgan fingerprint density at radius 2 is 1.80 bits per heavy atom. The molecule has 0 atom stereocenters. The van der Waals surface area contributed by atoms with Crippen molar-refractivity contribution in [2.24, 2.45) is 0 Å². The summed E-state index contributed by atoms with van der Waals surface area (Å²) in [5, 5.41) is 3.21. The molecular formula is C17H17ClN2O4S. The van der Waals surface area contributed by atoms with Crippen LogP contribution in [0.25, 0.3) is 0 Å². The van der Waals surface area contributed by atoms with E-state index in [-0.39, 0.29) is 10.5 Å². The standard InChI is InChI=1S/C17H17ClN2O4S/c18-14-4-2-5-15(12-14)19-17(21)13-3-1-6-16(11-13)25(22,23)20-7-9-24-10-8-20/h1-6,11-12H,7-10H2,(H,19,21). The van der Waals surface area contributed by atoms with Crippen molar-refractivity contribution in [3.8, 4) is 0 Å². The molecule has 1 heterocycles. The number of ether oxygens (including phenoxy) is 1. The van der Waals surface area contributed by atoms with Crippen LogP contribution in [0.3, 0.4) is 0 Å². The minimum absolute atomic E-state index is 0.0909. The smallest absolute Gasteiger partial charge is 0.255 e. The van der Waals surface area contributed by atoms with Gasteiger partial charge in [0.05, 0.1) is 18.1 Å². The van der Waals surface area contributed by atoms with Crippen LogP contribution in [-0.4, -0.2) is 44.9 Å². The van der Waals surface area contributed by atoms with Crippen molar-refractivity contribution >= 4 is 33.2 Å². The van der Waals surface area contributed by atoms with Gasteiger partial charge in [0.15, 0.2) is 0 Å². The molecule has 1 aliphatic rings. The summed E-state index contributed by atoms with van der Waals surface area (Å²) in [6.07, 6.45) is 0. The van der Waals surface area contributed by atoms with Crippen molar-refractivity contribution in [3.63, 3.8) is 0 Å². The highest BCUT2D eigenvalue weighted by atomic mass is 35.5. The summed E-state index contributed by atoms with van der Waals surface area (Å²) in [6, 6.07) is 12.7. The first-order valence-electron chi connectivity index (χ1n) is 7.72. The topological polar surface area (TPSA) is 75.7 Å². The van der Waals surface area contributed by atoms with Gasteiger partial charge in [-0.1, -0.05) is 23.7 Å². The highest BCUT2D eigenvalue weighted by molar-refractivity contribution is 7.89. The third-order valence-corrected chi connectivity index (χ3v) is 5.92. The number of nitrogens with zero attached hydrogens (tertiary/aromatic N) is 1. The molecular weight excluding hydrogens is 364 g/mol. The predicted molar refractivity (Wildman–Crippen MR) is 95.4 cm³/mol. The van der Waals surface area contributed by atoms with Crippen LogP contribution in [0.5, 0.6) is 0 Å². The number of carbonyl (C=O) groups excluding carboxylic acids is 1. The Labute approximate surface area is 151 Å². The average molecular weight is 381 g/mol. The van der Waals surface area contributed by atoms with E-state index >= 15 is 0 Å². The number of rotatable bonds is 4. The van der Waals surface area contributed by atoms with E-state index in [2.05, 4.69) is 5.32 Å². The molecule has 6 nitrogen and oxygen atoms in total. The zero-order chi connectivity index (χ0) is 17.9. The van der Waals surface area contributed by atoms with Gasteiger partial charge in [-0.05, 0) is 36.4 Å². The second-order valence-corrected chi connectivity index (χ2v) is 7.88. The lowest BCUT2D eigenvalue weighted by Crippen LogP contribution is -2.40. The van der Waals surface area contributed by atoms with Gasteiger partial charge in [-0.15, -0.1) is 0 Å². The molecule has 1 N–H and O–H groups in total. The number of hydrogen-bond acceptors (Lipinski definition) is 4. The zero-order valence-corrected chi connectivity index (χ0v) is 14.9. The predicted octanol–water partition coefficient (Wildman–Crippen LogP) is 2.61. The van der Waals surface area contributed by atoms with E-state index in [1.165, 1.54) is 16.4 Å². The Morgan fingerprint density at radius 1 is 1.08 bits per heavy atom. The number of halogens is 1. The molecule has 132 valence electrons. The highest BCUT2D eigenvalue weighted by Gasteiger charge is 2.26. The van der Waals surface area contributed by atoms with Crippen molar-refractivity contribution in [1.29, 1.82) is 0 Å². The molecule has 1 saturated heterocycles. The third kappa shape index (κ3) is 4.19. The number of anilines is 1. The Hall–Kier alpha value is -1.93. The number of benzene rings is 2. The van der Waals surface area contributed by atoms with Crippen molar-refractivity contribution in [1.82, 2.24) is 4.31 Å². The van der Waals surface area contributed by atoms with Gasteiger partial charge in [0.1, 0.15) is 0 Å². The van der Waals surface area contributed by atoms with Crippen molar-refractivity contribution < 1.29 is 17.9 Å². The van der Waals surface area contributed by atoms with Crippen LogP contribution in [0.2, 0.25) is 5.02 Å². The van der Waals surface area contributed by atoms with Crippen LogP contribution in [-0.2, 0) is 14.8 Å². The van der Waals surface area contributed by atoms with E-state index in [0.29, 0.717) is 37.0 Å². The Bertz CT molecular complexity index is 880. The van der Waals surface area contributed by atoms with E-state index in [9.17, 15) is 13.2 Å². The fourth-order valence-corrected chi connectivity index (χ4v) is 4.15. The minimum Gasteiger partial charge on any atom is -0.379 e. The lowest BCUT2D eigenvalue weighted by Gasteiger charge is -2.26. The molecule has 1 amide bonds. The summed E-state index contributed by atoms with van der Waals surface area (Å²) in [5.74, 6) is -0.402. The molecule has 0 aliphatic carbocycles. The Kier molecular flexibility index (Phi) is 5.39. The maximum absolute atomic E-state index is 12.7. The van der Waals surface area contributed by atoms with E-state index < -0.39 is 15.9 Å². The van der Waals surface area contributed by atoms with Crippen LogP contribution in [0, 0.1) is 0 Å². The quantitative estimate of drug-likeness (QED) is 0.884. The number of sulfonamides is 1. The summed E-state index contributed by atoms with van der Waals surface area (Å²) in [6.45, 7) is 1.35. The van der Waals surface area contributed by atoms with E-state index in [1.54, 1.807) is 36.4 Å². The average Bonchev–Trinajstić information content (AvgIpc) is 2.62. The monoisotopic (exact) mass is 380 g/mol. The van der Waals surface area contributed by atoms with Crippen LogP contribution in [0.1, 0.15) is 10.4 Å². The van der Waals surface area contributed by atoms with E-state index in [0.717, 1.165) is 0 Å². The Balaban J connectivity index is 1.82. The Morgan fingerprint density at radius 3 is 2.52 bits per heavy atom. The molecule has 1 fully saturated rings. The zero-order valence-electron chi connectivity index (χ0n) is 13.3. The maximum Gasteiger partial charge on any atom is 0.255 e. The molecule has 0 bridgehead atoms. The van der Waals surface area contributed by atoms with Crippen molar-refractivity contribution in [3.05, 3.63) is 59.1 Å². The number of nitrogens with one attached hydrogen (secondary N) is 1. The molecule has 2 aromatic carbocycles. The molecule has 0 aromatic heterocycles. The lowest BCUT2D eigenvalue weighted by atomic mass is 10.2. The molecule has 8 heteroatoms. The van der Waals surface area contributed by atoms with Crippen LogP contribution in [0.4, 0.5) is 5.69 Å². The van der Waals surface area contributed by atoms with Crippen LogP contribution in [0.15, 0.2) is 53.4 Å². The van der Waals surface area contributed by atoms with Gasteiger partial charge in [-0.25, -0.2) is 8.42 Å². The van der Waals surface area contributed by atoms with Crippen LogP contribution < -0.4 is 5.32 Å². The first-order chi connectivity index (χ1) is 12.0. The summed E-state index contributed by atoms with van der Waals surface area (Å²) in [4.78, 5) is 12.5. The van der Waals surface area contributed by atoms with Gasteiger partial charge in [0.2, 0.25) is 10.0 Å². The highest BCUT2D eigenvalue weighted by Crippen LogP contribution is 2.20. The molecule has 0 unspecified atom stereocenters. The lowest BCUT2D eigenvalue weighted by molar-refractivity contribution is 0.0730. The molecule has 3 rings (SSSR count). The number of morpholine rings is 1. The first-order valence-corrected chi connectivity index (χ1v) is 9.53. The third-order valence-electron chi connectivity index (χ3n) is 3.79. The number of hydrogen-bond donors (Lipinski definition) is 1. The number of carbonyl (C=O) groups is 1.